The number of fused-ring (bicyclic) bond motifs is 4. The quantitative estimate of drug-likeness (QED) is 0.0622. The van der Waals surface area contributed by atoms with E-state index in [0.717, 1.165) is 32.8 Å². The number of anilines is 2. The number of rotatable bonds is 18. The Labute approximate surface area is 375 Å². The van der Waals surface area contributed by atoms with Gasteiger partial charge in [-0.2, -0.15) is 4.31 Å². The van der Waals surface area contributed by atoms with Crippen molar-refractivity contribution in [3.05, 3.63) is 107 Å². The summed E-state index contributed by atoms with van der Waals surface area (Å²) in [6.07, 6.45) is 0.749. The Morgan fingerprint density at radius 2 is 1.59 bits per heavy atom. The number of ether oxygens (including phenoxy) is 3. The largest absolute Gasteiger partial charge is 0.394 e. The molecule has 4 aromatic carbocycles. The zero-order valence-corrected chi connectivity index (χ0v) is 36.8. The molecule has 4 atom stereocenters. The predicted octanol–water partition coefficient (Wildman–Crippen LogP) is 4.38. The Hall–Kier alpha value is -5.47. The van der Waals surface area contributed by atoms with Crippen LogP contribution in [0.5, 0.6) is 0 Å². The van der Waals surface area contributed by atoms with E-state index in [0.29, 0.717) is 49.1 Å². The van der Waals surface area contributed by atoms with Gasteiger partial charge < -0.3 is 30.0 Å². The lowest BCUT2D eigenvalue weighted by atomic mass is 9.82. The Bertz CT molecular complexity index is 2550. The summed E-state index contributed by atoms with van der Waals surface area (Å²) < 4.78 is 46.3. The summed E-state index contributed by atoms with van der Waals surface area (Å²) >= 11 is 1.36. The maximum absolute atomic E-state index is 14.0. The molecule has 8 rings (SSSR count). The topological polar surface area (TPSA) is 210 Å². The summed E-state index contributed by atoms with van der Waals surface area (Å²) in [7, 11) is -3.81. The maximum atomic E-state index is 14.0. The van der Waals surface area contributed by atoms with Crippen molar-refractivity contribution < 1.29 is 51.7 Å². The van der Waals surface area contributed by atoms with Gasteiger partial charge in [-0.1, -0.05) is 42.0 Å². The molecule has 64 heavy (non-hydrogen) atoms. The first-order valence-corrected chi connectivity index (χ1v) is 23.6. The first kappa shape index (κ1) is 45.1. The molecule has 0 spiro atoms. The molecule has 4 aliphatic rings. The van der Waals surface area contributed by atoms with Gasteiger partial charge in [0.15, 0.2) is 0 Å². The Morgan fingerprint density at radius 3 is 2.36 bits per heavy atom. The van der Waals surface area contributed by atoms with E-state index in [4.69, 9.17) is 14.2 Å². The van der Waals surface area contributed by atoms with E-state index in [9.17, 15) is 37.5 Å². The highest BCUT2D eigenvalue weighted by atomic mass is 32.2. The van der Waals surface area contributed by atoms with Crippen LogP contribution in [0, 0.1) is 12.8 Å². The van der Waals surface area contributed by atoms with Gasteiger partial charge in [-0.25, -0.2) is 8.42 Å². The summed E-state index contributed by atoms with van der Waals surface area (Å²) in [5.41, 5.74) is 5.31. The first-order valence-electron chi connectivity index (χ1n) is 21.2. The van der Waals surface area contributed by atoms with Crippen molar-refractivity contribution in [2.24, 2.45) is 5.92 Å². The van der Waals surface area contributed by atoms with E-state index in [1.807, 2.05) is 43.3 Å². The molecule has 16 nitrogen and oxygen atoms in total. The van der Waals surface area contributed by atoms with E-state index in [2.05, 4.69) is 16.0 Å². The zero-order valence-electron chi connectivity index (χ0n) is 35.1. The summed E-state index contributed by atoms with van der Waals surface area (Å²) in [6, 6.07) is 23.3. The van der Waals surface area contributed by atoms with Crippen molar-refractivity contribution in [3.8, 4) is 11.1 Å². The number of sulfonamides is 1. The van der Waals surface area contributed by atoms with Crippen LogP contribution in [0.2, 0.25) is 0 Å². The minimum Gasteiger partial charge on any atom is -0.394 e. The molecule has 0 aliphatic carbocycles. The smallest absolute Gasteiger partial charge is 0.263 e. The second kappa shape index (κ2) is 19.7. The minimum absolute atomic E-state index is 0.0521. The second-order valence-corrected chi connectivity index (χ2v) is 19.0. The maximum Gasteiger partial charge on any atom is 0.263 e. The Balaban J connectivity index is 0.761. The number of piperidine rings is 1. The van der Waals surface area contributed by atoms with Crippen LogP contribution < -0.4 is 16.0 Å². The molecule has 4 N–H and O–H groups in total. The van der Waals surface area contributed by atoms with Crippen molar-refractivity contribution in [1.82, 2.24) is 14.5 Å². The fraction of sp³-hybridized carbons (Fsp3) is 0.370. The molecule has 0 bridgehead atoms. The number of nitrogens with one attached hydrogen (secondary N) is 3. The van der Waals surface area contributed by atoms with Gasteiger partial charge in [0.2, 0.25) is 27.7 Å². The molecule has 4 heterocycles. The van der Waals surface area contributed by atoms with Gasteiger partial charge >= 0.3 is 0 Å². The lowest BCUT2D eigenvalue weighted by Gasteiger charge is -2.39. The number of aliphatic hydroxyl groups excluding tert-OH is 1. The average Bonchev–Trinajstić information content (AvgIpc) is 3.85. The van der Waals surface area contributed by atoms with Crippen LogP contribution in [0.25, 0.3) is 11.1 Å². The van der Waals surface area contributed by atoms with Crippen molar-refractivity contribution in [1.29, 1.82) is 0 Å². The molecular formula is C46H49N5O11S2. The molecule has 0 saturated carbocycles. The Kier molecular flexibility index (Phi) is 13.9. The molecule has 18 heteroatoms. The Morgan fingerprint density at radius 1 is 0.859 bits per heavy atom. The number of hydrogen-bond donors (Lipinski definition) is 4. The van der Waals surface area contributed by atoms with E-state index in [1.165, 1.54) is 11.8 Å². The lowest BCUT2D eigenvalue weighted by molar-refractivity contribution is -0.136. The van der Waals surface area contributed by atoms with Crippen LogP contribution in [0.1, 0.15) is 57.1 Å². The number of imide groups is 2. The second-order valence-electron chi connectivity index (χ2n) is 15.9. The molecule has 4 aromatic rings. The molecule has 5 amide bonds. The van der Waals surface area contributed by atoms with Crippen molar-refractivity contribution in [2.45, 2.75) is 54.1 Å². The van der Waals surface area contributed by atoms with Gasteiger partial charge in [-0.3, -0.25) is 34.2 Å². The molecule has 2 saturated heterocycles. The van der Waals surface area contributed by atoms with Crippen LogP contribution in [0.4, 0.5) is 11.4 Å². The fourth-order valence-electron chi connectivity index (χ4n) is 8.71. The van der Waals surface area contributed by atoms with Gasteiger partial charge in [0.25, 0.3) is 11.8 Å². The number of benzene rings is 4. The molecule has 336 valence electrons. The molecule has 0 aromatic heterocycles. The van der Waals surface area contributed by atoms with Crippen LogP contribution in [-0.4, -0.2) is 123 Å². The predicted molar refractivity (Wildman–Crippen MR) is 237 cm³/mol. The van der Waals surface area contributed by atoms with Gasteiger partial charge in [-0.15, -0.1) is 11.8 Å². The van der Waals surface area contributed by atoms with Crippen molar-refractivity contribution in [2.75, 3.05) is 69.2 Å². The van der Waals surface area contributed by atoms with E-state index < -0.39 is 45.7 Å². The molecule has 1 unspecified atom stereocenters. The zero-order chi connectivity index (χ0) is 45.0. The van der Waals surface area contributed by atoms with Gasteiger partial charge in [-0.05, 0) is 85.0 Å². The number of aliphatic hydroxyl groups is 1. The van der Waals surface area contributed by atoms with E-state index >= 15 is 0 Å². The summed E-state index contributed by atoms with van der Waals surface area (Å²) in [6.45, 7) is 3.32. The summed E-state index contributed by atoms with van der Waals surface area (Å²) in [5, 5.41) is 18.8. The van der Waals surface area contributed by atoms with Crippen LogP contribution >= 0.6 is 11.8 Å². The number of carbonyl (C=O) groups excluding carboxylic acids is 5. The number of nitrogens with zero attached hydrogens (tertiary/aromatic N) is 2. The number of amides is 5. The molecule has 4 aliphatic heterocycles. The highest BCUT2D eigenvalue weighted by Crippen LogP contribution is 2.49. The number of carbonyl (C=O) groups is 5. The molecular weight excluding hydrogens is 863 g/mol. The number of aryl methyl sites for hydroxylation is 1. The number of hydrogen-bond acceptors (Lipinski definition) is 13. The summed E-state index contributed by atoms with van der Waals surface area (Å²) in [4.78, 5) is 64.9. The first-order chi connectivity index (χ1) is 30.9. The molecule has 2 fully saturated rings. The standard InChI is InChI=1S/C46H49N5O11S2/c1-28-8-11-32(12-9-28)64(58,59)50-17-16-33-37(26-52)48-36-13-10-30(25-35(36)43(33)50)29-4-2-5-31(24-29)47-41(54)27-62-21-20-60-18-19-61-22-23-63-39-7-3-6-34-42(39)46(57)51(45(34)56)38-14-15-40(53)49-44(38)55/h2-13,24-25,33,37-38,43,48,52H,14-23,26-27H2,1H3,(H,47,54)(H,49,53,55)/t33-,37+,38?,43-/m1/s1. The third kappa shape index (κ3) is 9.49. The van der Waals surface area contributed by atoms with Gasteiger partial charge in [0.05, 0.1) is 67.7 Å². The number of thioether (sulfide) groups is 1. The third-order valence-corrected chi connectivity index (χ3v) is 14.7. The SMILES string of the molecule is Cc1ccc(S(=O)(=O)N2CC[C@@H]3[C@H](CO)Nc4ccc(-c5cccc(NC(=O)COCCOCCOCCSc6cccc7c6C(=O)N(C6CCC(=O)NC6=O)C7=O)c5)cc4[C@@H]32)cc1. The van der Waals surface area contributed by atoms with Crippen LogP contribution in [0.3, 0.4) is 0 Å². The average molecular weight is 912 g/mol. The highest BCUT2D eigenvalue weighted by Gasteiger charge is 2.49. The van der Waals surface area contributed by atoms with Crippen molar-refractivity contribution >= 4 is 62.7 Å². The fourth-order valence-corrected chi connectivity index (χ4v) is 11.3. The van der Waals surface area contributed by atoms with Gasteiger partial charge in [0, 0.05) is 40.9 Å². The monoisotopic (exact) mass is 911 g/mol. The van der Waals surface area contributed by atoms with Crippen molar-refractivity contribution in [3.63, 3.8) is 0 Å². The van der Waals surface area contributed by atoms with Crippen LogP contribution in [0.15, 0.2) is 94.7 Å². The summed E-state index contributed by atoms with van der Waals surface area (Å²) in [5.74, 6) is -2.14. The van der Waals surface area contributed by atoms with E-state index in [1.54, 1.807) is 52.8 Å². The van der Waals surface area contributed by atoms with E-state index in [-0.39, 0.29) is 73.2 Å². The van der Waals surface area contributed by atoms with Gasteiger partial charge in [0.1, 0.15) is 12.6 Å². The minimum atomic E-state index is -3.81. The normalized spacial score (nSPS) is 20.7. The molecule has 0 radical (unpaired) electrons. The third-order valence-electron chi connectivity index (χ3n) is 11.8. The highest BCUT2D eigenvalue weighted by molar-refractivity contribution is 7.99. The van der Waals surface area contributed by atoms with Crippen LogP contribution in [-0.2, 0) is 38.6 Å². The lowest BCUT2D eigenvalue weighted by Crippen LogP contribution is -2.54.